The molecule has 0 aromatic heterocycles. The molecule has 1 aliphatic rings. The lowest BCUT2D eigenvalue weighted by molar-refractivity contribution is 0.0111. The molecule has 0 aliphatic carbocycles. The topological polar surface area (TPSA) is 21.3 Å². The van der Waals surface area contributed by atoms with Gasteiger partial charge in [0.2, 0.25) is 0 Å². The lowest BCUT2D eigenvalue weighted by Gasteiger charge is -2.30. The summed E-state index contributed by atoms with van der Waals surface area (Å²) < 4.78 is 5.53. The fourth-order valence-corrected chi connectivity index (χ4v) is 3.80. The lowest BCUT2D eigenvalue weighted by atomic mass is 9.89. The van der Waals surface area contributed by atoms with E-state index in [-0.39, 0.29) is 5.60 Å². The third-order valence-electron chi connectivity index (χ3n) is 4.10. The minimum absolute atomic E-state index is 0.0239. The van der Waals surface area contributed by atoms with Crippen LogP contribution in [0, 0.1) is 5.92 Å². The van der Waals surface area contributed by atoms with E-state index in [9.17, 15) is 0 Å². The van der Waals surface area contributed by atoms with Gasteiger partial charge in [0.05, 0.1) is 5.60 Å². The summed E-state index contributed by atoms with van der Waals surface area (Å²) in [6.45, 7) is 7.67. The summed E-state index contributed by atoms with van der Waals surface area (Å²) in [4.78, 5) is 0. The Bertz CT molecular complexity index is 215. The number of hydrogen-bond acceptors (Lipinski definition) is 3. The highest BCUT2D eigenvalue weighted by molar-refractivity contribution is 7.99. The first kappa shape index (κ1) is 16.3. The maximum absolute atomic E-state index is 5.53. The Morgan fingerprint density at radius 3 is 2.56 bits per heavy atom. The van der Waals surface area contributed by atoms with Gasteiger partial charge in [0.15, 0.2) is 0 Å². The quantitative estimate of drug-likeness (QED) is 0.728. The maximum Gasteiger partial charge on any atom is 0.0623 e. The number of nitrogens with one attached hydrogen (secondary N) is 1. The molecule has 0 aromatic carbocycles. The van der Waals surface area contributed by atoms with Gasteiger partial charge in [0, 0.05) is 13.2 Å². The second kappa shape index (κ2) is 8.44. The van der Waals surface area contributed by atoms with Gasteiger partial charge in [0.1, 0.15) is 0 Å². The predicted molar refractivity (Wildman–Crippen MR) is 82.5 cm³/mol. The molecular weight excluding hydrogens is 242 g/mol. The molecule has 1 heterocycles. The summed E-state index contributed by atoms with van der Waals surface area (Å²) in [5.74, 6) is 3.68. The summed E-state index contributed by atoms with van der Waals surface area (Å²) in [6.07, 6.45) is 6.57. The van der Waals surface area contributed by atoms with Crippen LogP contribution >= 0.6 is 11.8 Å². The Balaban J connectivity index is 2.33. The minimum atomic E-state index is 0.0239. The van der Waals surface area contributed by atoms with Gasteiger partial charge >= 0.3 is 0 Å². The highest BCUT2D eigenvalue weighted by atomic mass is 32.2. The van der Waals surface area contributed by atoms with Gasteiger partial charge in [-0.15, -0.1) is 0 Å². The van der Waals surface area contributed by atoms with E-state index in [1.54, 1.807) is 0 Å². The SMILES string of the molecule is CCNC(CCC(C)(C)OC)CC1CCSCC1. The van der Waals surface area contributed by atoms with Gasteiger partial charge in [-0.3, -0.25) is 0 Å². The second-order valence-electron chi connectivity index (χ2n) is 6.05. The molecule has 1 saturated heterocycles. The van der Waals surface area contributed by atoms with E-state index >= 15 is 0 Å². The van der Waals surface area contributed by atoms with Gasteiger partial charge in [-0.25, -0.2) is 0 Å². The summed E-state index contributed by atoms with van der Waals surface area (Å²) in [5, 5.41) is 3.66. The molecule has 1 aliphatic heterocycles. The van der Waals surface area contributed by atoms with Crippen molar-refractivity contribution in [3.63, 3.8) is 0 Å². The second-order valence-corrected chi connectivity index (χ2v) is 7.27. The summed E-state index contributed by atoms with van der Waals surface area (Å²) in [5.41, 5.74) is 0.0239. The summed E-state index contributed by atoms with van der Waals surface area (Å²) in [7, 11) is 1.82. The van der Waals surface area contributed by atoms with Crippen LogP contribution in [0.4, 0.5) is 0 Å². The Labute approximate surface area is 118 Å². The molecule has 108 valence electrons. The van der Waals surface area contributed by atoms with Crippen molar-refractivity contribution in [2.24, 2.45) is 5.92 Å². The van der Waals surface area contributed by atoms with Crippen molar-refractivity contribution < 1.29 is 4.74 Å². The zero-order valence-electron chi connectivity index (χ0n) is 12.6. The normalized spacial score (nSPS) is 20.0. The van der Waals surface area contributed by atoms with Crippen LogP contribution in [0.15, 0.2) is 0 Å². The molecule has 1 fully saturated rings. The van der Waals surface area contributed by atoms with Crippen LogP contribution in [0.3, 0.4) is 0 Å². The number of ether oxygens (including phenoxy) is 1. The minimum Gasteiger partial charge on any atom is -0.379 e. The summed E-state index contributed by atoms with van der Waals surface area (Å²) in [6, 6.07) is 0.678. The van der Waals surface area contributed by atoms with Gasteiger partial charge in [0.25, 0.3) is 0 Å². The molecule has 1 N–H and O–H groups in total. The van der Waals surface area contributed by atoms with E-state index in [1.807, 2.05) is 7.11 Å². The van der Waals surface area contributed by atoms with E-state index in [0.717, 1.165) is 18.9 Å². The first-order chi connectivity index (χ1) is 8.57. The van der Waals surface area contributed by atoms with Crippen LogP contribution in [-0.4, -0.2) is 36.8 Å². The van der Waals surface area contributed by atoms with E-state index in [0.29, 0.717) is 6.04 Å². The fraction of sp³-hybridized carbons (Fsp3) is 1.00. The smallest absolute Gasteiger partial charge is 0.0623 e. The summed E-state index contributed by atoms with van der Waals surface area (Å²) >= 11 is 2.12. The van der Waals surface area contributed by atoms with Crippen LogP contribution in [0.2, 0.25) is 0 Å². The molecule has 0 bridgehead atoms. The van der Waals surface area contributed by atoms with E-state index in [2.05, 4.69) is 37.8 Å². The fourth-order valence-electron chi connectivity index (χ4n) is 2.60. The number of methoxy groups -OCH3 is 1. The Morgan fingerprint density at radius 1 is 1.33 bits per heavy atom. The van der Waals surface area contributed by atoms with Crippen molar-refractivity contribution in [2.75, 3.05) is 25.2 Å². The zero-order valence-corrected chi connectivity index (χ0v) is 13.4. The molecule has 0 aromatic rings. The monoisotopic (exact) mass is 273 g/mol. The first-order valence-electron chi connectivity index (χ1n) is 7.43. The van der Waals surface area contributed by atoms with Crippen molar-refractivity contribution in [3.8, 4) is 0 Å². The Hall–Kier alpha value is 0.270. The van der Waals surface area contributed by atoms with E-state index in [4.69, 9.17) is 4.74 Å². The van der Waals surface area contributed by atoms with Crippen molar-refractivity contribution in [1.29, 1.82) is 0 Å². The Kier molecular flexibility index (Phi) is 7.66. The van der Waals surface area contributed by atoms with E-state index in [1.165, 1.54) is 37.2 Å². The largest absolute Gasteiger partial charge is 0.379 e. The van der Waals surface area contributed by atoms with Crippen LogP contribution in [0.1, 0.15) is 52.9 Å². The predicted octanol–water partition coefficient (Wildman–Crippen LogP) is 3.70. The van der Waals surface area contributed by atoms with Crippen molar-refractivity contribution in [1.82, 2.24) is 5.32 Å². The molecule has 1 unspecified atom stereocenters. The van der Waals surface area contributed by atoms with E-state index < -0.39 is 0 Å². The zero-order chi connectivity index (χ0) is 13.4. The molecule has 0 radical (unpaired) electrons. The molecule has 2 nitrogen and oxygen atoms in total. The number of thioether (sulfide) groups is 1. The van der Waals surface area contributed by atoms with Gasteiger partial charge < -0.3 is 10.1 Å². The molecule has 3 heteroatoms. The molecular formula is C15H31NOS. The van der Waals surface area contributed by atoms with Gasteiger partial charge in [-0.05, 0) is 69.9 Å². The average Bonchev–Trinajstić information content (AvgIpc) is 2.38. The molecule has 0 saturated carbocycles. The number of hydrogen-bond donors (Lipinski definition) is 1. The first-order valence-corrected chi connectivity index (χ1v) is 8.59. The average molecular weight is 273 g/mol. The third-order valence-corrected chi connectivity index (χ3v) is 5.15. The van der Waals surface area contributed by atoms with Gasteiger partial charge in [-0.1, -0.05) is 6.92 Å². The van der Waals surface area contributed by atoms with Crippen LogP contribution in [-0.2, 0) is 4.74 Å². The molecule has 1 atom stereocenters. The van der Waals surface area contributed by atoms with Crippen LogP contribution in [0.5, 0.6) is 0 Å². The van der Waals surface area contributed by atoms with Crippen LogP contribution < -0.4 is 5.32 Å². The van der Waals surface area contributed by atoms with Crippen LogP contribution in [0.25, 0.3) is 0 Å². The van der Waals surface area contributed by atoms with Crippen molar-refractivity contribution in [3.05, 3.63) is 0 Å². The molecule has 1 rings (SSSR count). The molecule has 18 heavy (non-hydrogen) atoms. The molecule has 0 amide bonds. The van der Waals surface area contributed by atoms with Crippen molar-refractivity contribution in [2.45, 2.75) is 64.5 Å². The van der Waals surface area contributed by atoms with Gasteiger partial charge in [-0.2, -0.15) is 11.8 Å². The van der Waals surface area contributed by atoms with Crippen molar-refractivity contribution >= 4 is 11.8 Å². The highest BCUT2D eigenvalue weighted by Gasteiger charge is 2.22. The number of rotatable bonds is 8. The molecule has 0 spiro atoms. The highest BCUT2D eigenvalue weighted by Crippen LogP contribution is 2.28. The third kappa shape index (κ3) is 6.44. The maximum atomic E-state index is 5.53. The lowest BCUT2D eigenvalue weighted by Crippen LogP contribution is -2.34. The Morgan fingerprint density at radius 2 is 2.00 bits per heavy atom. The standard InChI is InChI=1S/C15H31NOS/c1-5-16-14(6-9-15(2,3)17-4)12-13-7-10-18-11-8-13/h13-14,16H,5-12H2,1-4H3.